The molecule has 13 heavy (non-hydrogen) atoms. The molecule has 1 aromatic heterocycles. The number of nitrogens with zero attached hydrogens (tertiary/aromatic N) is 1. The van der Waals surface area contributed by atoms with Gasteiger partial charge in [0, 0.05) is 6.20 Å². The molecule has 1 aromatic rings. The SMILES string of the molecule is O=C(O)c1ccnc(C#CCBr)c1. The minimum Gasteiger partial charge on any atom is -0.478 e. The molecule has 0 aliphatic carbocycles. The first-order valence-corrected chi connectivity index (χ1v) is 4.60. The van der Waals surface area contributed by atoms with Crippen LogP contribution in [0.5, 0.6) is 0 Å². The van der Waals surface area contributed by atoms with Crippen LogP contribution in [0.4, 0.5) is 0 Å². The van der Waals surface area contributed by atoms with Gasteiger partial charge in [0.1, 0.15) is 5.69 Å². The summed E-state index contributed by atoms with van der Waals surface area (Å²) in [5, 5.41) is 9.20. The molecule has 4 heteroatoms. The number of hydrogen-bond acceptors (Lipinski definition) is 2. The second-order valence-corrected chi connectivity index (χ2v) is 2.73. The molecule has 1 rings (SSSR count). The predicted octanol–water partition coefficient (Wildman–Crippen LogP) is 1.53. The van der Waals surface area contributed by atoms with Crippen molar-refractivity contribution in [3.05, 3.63) is 29.6 Å². The van der Waals surface area contributed by atoms with E-state index in [9.17, 15) is 4.79 Å². The lowest BCUT2D eigenvalue weighted by molar-refractivity contribution is 0.0696. The van der Waals surface area contributed by atoms with Gasteiger partial charge in [0.15, 0.2) is 0 Å². The largest absolute Gasteiger partial charge is 0.478 e. The smallest absolute Gasteiger partial charge is 0.335 e. The third-order valence-electron chi connectivity index (χ3n) is 1.29. The Hall–Kier alpha value is -1.34. The Morgan fingerprint density at radius 1 is 1.69 bits per heavy atom. The van der Waals surface area contributed by atoms with E-state index in [2.05, 4.69) is 32.8 Å². The average Bonchev–Trinajstić information content (AvgIpc) is 2.15. The zero-order chi connectivity index (χ0) is 9.68. The van der Waals surface area contributed by atoms with Gasteiger partial charge in [-0.2, -0.15) is 0 Å². The van der Waals surface area contributed by atoms with Crippen LogP contribution < -0.4 is 0 Å². The van der Waals surface area contributed by atoms with E-state index >= 15 is 0 Å². The third kappa shape index (κ3) is 2.88. The Morgan fingerprint density at radius 2 is 2.46 bits per heavy atom. The summed E-state index contributed by atoms with van der Waals surface area (Å²) in [5.41, 5.74) is 0.674. The van der Waals surface area contributed by atoms with Crippen molar-refractivity contribution in [2.45, 2.75) is 0 Å². The maximum atomic E-state index is 10.5. The van der Waals surface area contributed by atoms with Crippen LogP contribution in [0.25, 0.3) is 0 Å². The standard InChI is InChI=1S/C9H6BrNO2/c10-4-1-2-8-6-7(9(12)13)3-5-11-8/h3,5-6H,4H2,(H,12,13). The lowest BCUT2D eigenvalue weighted by atomic mass is 10.2. The minimum absolute atomic E-state index is 0.203. The van der Waals surface area contributed by atoms with Crippen molar-refractivity contribution >= 4 is 21.9 Å². The van der Waals surface area contributed by atoms with Crippen molar-refractivity contribution in [1.82, 2.24) is 4.98 Å². The van der Waals surface area contributed by atoms with E-state index < -0.39 is 5.97 Å². The number of carbonyl (C=O) groups is 1. The molecule has 0 amide bonds. The summed E-state index contributed by atoms with van der Waals surface area (Å²) < 4.78 is 0. The van der Waals surface area contributed by atoms with Crippen molar-refractivity contribution < 1.29 is 9.90 Å². The highest BCUT2D eigenvalue weighted by atomic mass is 79.9. The van der Waals surface area contributed by atoms with Gasteiger partial charge < -0.3 is 5.11 Å². The maximum Gasteiger partial charge on any atom is 0.335 e. The fourth-order valence-corrected chi connectivity index (χ4v) is 0.896. The highest BCUT2D eigenvalue weighted by molar-refractivity contribution is 9.09. The second kappa shape index (κ2) is 4.63. The highest BCUT2D eigenvalue weighted by Gasteiger charge is 2.01. The number of aromatic carboxylic acids is 1. The summed E-state index contributed by atoms with van der Waals surface area (Å²) in [6.45, 7) is 0. The molecule has 0 saturated carbocycles. The van der Waals surface area contributed by atoms with Gasteiger partial charge in [-0.25, -0.2) is 9.78 Å². The first-order valence-electron chi connectivity index (χ1n) is 3.48. The maximum absolute atomic E-state index is 10.5. The molecule has 1 heterocycles. The van der Waals surface area contributed by atoms with Gasteiger partial charge in [-0.15, -0.1) is 0 Å². The molecule has 3 nitrogen and oxygen atoms in total. The number of aromatic nitrogens is 1. The molecule has 0 fully saturated rings. The summed E-state index contributed by atoms with van der Waals surface area (Å²) in [4.78, 5) is 14.4. The normalized spacial score (nSPS) is 8.69. The van der Waals surface area contributed by atoms with E-state index in [0.717, 1.165) is 0 Å². The van der Waals surface area contributed by atoms with E-state index in [1.807, 2.05) is 0 Å². The topological polar surface area (TPSA) is 50.2 Å². The fraction of sp³-hybridized carbons (Fsp3) is 0.111. The molecule has 0 aliphatic heterocycles. The number of hydrogen-bond donors (Lipinski definition) is 1. The monoisotopic (exact) mass is 239 g/mol. The Kier molecular flexibility index (Phi) is 3.47. The number of pyridine rings is 1. The number of carboxylic acids is 1. The zero-order valence-electron chi connectivity index (χ0n) is 6.62. The molecule has 0 atom stereocenters. The third-order valence-corrected chi connectivity index (χ3v) is 1.57. The second-order valence-electron chi connectivity index (χ2n) is 2.17. The van der Waals surface area contributed by atoms with Crippen molar-refractivity contribution in [1.29, 1.82) is 0 Å². The van der Waals surface area contributed by atoms with Gasteiger partial charge in [-0.3, -0.25) is 0 Å². The summed E-state index contributed by atoms with van der Waals surface area (Å²) in [5.74, 6) is 4.49. The Bertz CT molecular complexity index is 379. The van der Waals surface area contributed by atoms with Gasteiger partial charge in [0.25, 0.3) is 0 Å². The van der Waals surface area contributed by atoms with Gasteiger partial charge in [0.2, 0.25) is 0 Å². The van der Waals surface area contributed by atoms with Crippen LogP contribution in [0.15, 0.2) is 18.3 Å². The predicted molar refractivity (Wildman–Crippen MR) is 51.9 cm³/mol. The first-order chi connectivity index (χ1) is 6.24. The lowest BCUT2D eigenvalue weighted by Crippen LogP contribution is -1.97. The van der Waals surface area contributed by atoms with Crippen molar-refractivity contribution in [2.24, 2.45) is 0 Å². The van der Waals surface area contributed by atoms with E-state index in [1.54, 1.807) is 0 Å². The van der Waals surface area contributed by atoms with Gasteiger partial charge >= 0.3 is 5.97 Å². The molecule has 66 valence electrons. The number of halogens is 1. The van der Waals surface area contributed by atoms with E-state index in [4.69, 9.17) is 5.11 Å². The van der Waals surface area contributed by atoms with Crippen LogP contribution in [-0.4, -0.2) is 21.4 Å². The average molecular weight is 240 g/mol. The molecule has 0 radical (unpaired) electrons. The minimum atomic E-state index is -0.968. The summed E-state index contributed by atoms with van der Waals surface area (Å²) in [6.07, 6.45) is 1.43. The van der Waals surface area contributed by atoms with Crippen LogP contribution in [-0.2, 0) is 0 Å². The fourth-order valence-electron chi connectivity index (χ4n) is 0.756. The number of carboxylic acid groups (broad SMARTS) is 1. The summed E-state index contributed by atoms with van der Waals surface area (Å²) >= 11 is 3.14. The van der Waals surface area contributed by atoms with Crippen molar-refractivity contribution in [2.75, 3.05) is 5.33 Å². The Morgan fingerprint density at radius 3 is 3.08 bits per heavy atom. The van der Waals surface area contributed by atoms with Gasteiger partial charge in [-0.1, -0.05) is 21.9 Å². The van der Waals surface area contributed by atoms with Crippen LogP contribution in [0.1, 0.15) is 16.1 Å². The summed E-state index contributed by atoms with van der Waals surface area (Å²) in [6, 6.07) is 2.87. The van der Waals surface area contributed by atoms with Crippen LogP contribution in [0, 0.1) is 11.8 Å². The van der Waals surface area contributed by atoms with Gasteiger partial charge in [0.05, 0.1) is 10.9 Å². The Balaban J connectivity index is 2.98. The van der Waals surface area contributed by atoms with E-state index in [1.165, 1.54) is 18.3 Å². The quantitative estimate of drug-likeness (QED) is 0.598. The van der Waals surface area contributed by atoms with Crippen LogP contribution in [0.3, 0.4) is 0 Å². The molecule has 0 spiro atoms. The van der Waals surface area contributed by atoms with Crippen LogP contribution in [0.2, 0.25) is 0 Å². The molecule has 0 bridgehead atoms. The molecule has 0 aromatic carbocycles. The van der Waals surface area contributed by atoms with Crippen molar-refractivity contribution in [3.8, 4) is 11.8 Å². The van der Waals surface area contributed by atoms with E-state index in [0.29, 0.717) is 11.0 Å². The Labute approximate surface area is 83.9 Å². The summed E-state index contributed by atoms with van der Waals surface area (Å²) in [7, 11) is 0. The molecule has 1 N–H and O–H groups in total. The van der Waals surface area contributed by atoms with Gasteiger partial charge in [-0.05, 0) is 18.1 Å². The molecule has 0 saturated heterocycles. The van der Waals surface area contributed by atoms with Crippen LogP contribution >= 0.6 is 15.9 Å². The lowest BCUT2D eigenvalue weighted by Gasteiger charge is -1.93. The molecular weight excluding hydrogens is 234 g/mol. The van der Waals surface area contributed by atoms with E-state index in [-0.39, 0.29) is 5.56 Å². The van der Waals surface area contributed by atoms with Crippen molar-refractivity contribution in [3.63, 3.8) is 0 Å². The first kappa shape index (κ1) is 9.75. The molecule has 0 unspecified atom stereocenters. The zero-order valence-corrected chi connectivity index (χ0v) is 8.21. The molecule has 0 aliphatic rings. The number of rotatable bonds is 1. The molecular formula is C9H6BrNO2. The number of alkyl halides is 1. The highest BCUT2D eigenvalue weighted by Crippen LogP contribution is 2.00.